The summed E-state index contributed by atoms with van der Waals surface area (Å²) < 4.78 is 12.1. The predicted octanol–water partition coefficient (Wildman–Crippen LogP) is 4.57. The van der Waals surface area contributed by atoms with Crippen LogP contribution in [-0.2, 0) is 0 Å². The maximum Gasteiger partial charge on any atom is 0.223 e. The number of hydrogen-bond acceptors (Lipinski definition) is 5. The van der Waals surface area contributed by atoms with Gasteiger partial charge in [0, 0.05) is 17.1 Å². The average Bonchev–Trinajstić information content (AvgIpc) is 2.92. The molecule has 2 heterocycles. The standard InChI is InChI=1S/C17H19BrN4O2/c1-9(2)24-17-12-8-13(18)14(23-4)6-11(12)7-15(20-17)19-16-5-10(3)21-22-16/h5-9H,1-4H3,(H2,19,20,21,22). The number of anilines is 2. The Morgan fingerprint density at radius 3 is 2.58 bits per heavy atom. The number of H-pyrrole nitrogens is 1. The molecule has 0 fully saturated rings. The van der Waals surface area contributed by atoms with Crippen LogP contribution in [0.4, 0.5) is 11.6 Å². The lowest BCUT2D eigenvalue weighted by Crippen LogP contribution is -2.08. The lowest BCUT2D eigenvalue weighted by molar-refractivity contribution is 0.236. The topological polar surface area (TPSA) is 72.1 Å². The van der Waals surface area contributed by atoms with Gasteiger partial charge in [0.1, 0.15) is 11.6 Å². The molecule has 0 bridgehead atoms. The number of aromatic nitrogens is 3. The molecule has 3 aromatic rings. The van der Waals surface area contributed by atoms with Crippen LogP contribution in [0.15, 0.2) is 28.7 Å². The highest BCUT2D eigenvalue weighted by Gasteiger charge is 2.13. The average molecular weight is 391 g/mol. The van der Waals surface area contributed by atoms with Crippen molar-refractivity contribution < 1.29 is 9.47 Å². The number of pyridine rings is 1. The van der Waals surface area contributed by atoms with E-state index in [1.807, 2.05) is 45.0 Å². The Labute approximate surface area is 148 Å². The summed E-state index contributed by atoms with van der Waals surface area (Å²) in [5.41, 5.74) is 0.975. The van der Waals surface area contributed by atoms with E-state index in [9.17, 15) is 0 Å². The SMILES string of the molecule is COc1cc2cc(Nc3cc(C)[nH]n3)nc(OC(C)C)c2cc1Br. The Kier molecular flexibility index (Phi) is 4.62. The molecule has 2 aromatic heterocycles. The monoisotopic (exact) mass is 390 g/mol. The highest BCUT2D eigenvalue weighted by Crippen LogP contribution is 2.36. The summed E-state index contributed by atoms with van der Waals surface area (Å²) in [7, 11) is 1.64. The van der Waals surface area contributed by atoms with E-state index in [4.69, 9.17) is 9.47 Å². The number of rotatable bonds is 5. The molecule has 0 aliphatic carbocycles. The van der Waals surface area contributed by atoms with Crippen LogP contribution in [0.5, 0.6) is 11.6 Å². The zero-order valence-electron chi connectivity index (χ0n) is 14.0. The van der Waals surface area contributed by atoms with E-state index < -0.39 is 0 Å². The summed E-state index contributed by atoms with van der Waals surface area (Å²) in [6, 6.07) is 7.77. The normalized spacial score (nSPS) is 11.1. The van der Waals surface area contributed by atoms with Gasteiger partial charge in [-0.1, -0.05) is 0 Å². The number of halogens is 1. The summed E-state index contributed by atoms with van der Waals surface area (Å²) in [6.07, 6.45) is 0.0180. The van der Waals surface area contributed by atoms with Crippen molar-refractivity contribution in [3.05, 3.63) is 34.4 Å². The molecule has 0 amide bonds. The van der Waals surface area contributed by atoms with Gasteiger partial charge in [-0.05, 0) is 60.3 Å². The molecular formula is C17H19BrN4O2. The third-order valence-electron chi connectivity index (χ3n) is 3.38. The molecule has 0 saturated heterocycles. The molecule has 0 spiro atoms. The zero-order chi connectivity index (χ0) is 17.3. The second kappa shape index (κ2) is 6.68. The van der Waals surface area contributed by atoms with Gasteiger partial charge < -0.3 is 14.8 Å². The van der Waals surface area contributed by atoms with Crippen LogP contribution in [0.3, 0.4) is 0 Å². The number of fused-ring (bicyclic) bond motifs is 1. The lowest BCUT2D eigenvalue weighted by Gasteiger charge is -2.15. The van der Waals surface area contributed by atoms with Crippen LogP contribution in [0.1, 0.15) is 19.5 Å². The number of methoxy groups -OCH3 is 1. The summed E-state index contributed by atoms with van der Waals surface area (Å²) in [4.78, 5) is 4.59. The van der Waals surface area contributed by atoms with Crippen LogP contribution in [-0.4, -0.2) is 28.4 Å². The third-order valence-corrected chi connectivity index (χ3v) is 4.00. The van der Waals surface area contributed by atoms with Crippen molar-refractivity contribution >= 4 is 38.3 Å². The molecule has 1 aromatic carbocycles. The van der Waals surface area contributed by atoms with E-state index in [0.717, 1.165) is 26.7 Å². The molecule has 0 saturated carbocycles. The second-order valence-corrected chi connectivity index (χ2v) is 6.60. The van der Waals surface area contributed by atoms with Gasteiger partial charge in [-0.2, -0.15) is 10.1 Å². The van der Waals surface area contributed by atoms with Gasteiger partial charge in [0.15, 0.2) is 5.82 Å². The van der Waals surface area contributed by atoms with Crippen molar-refractivity contribution in [1.82, 2.24) is 15.2 Å². The van der Waals surface area contributed by atoms with Crippen LogP contribution < -0.4 is 14.8 Å². The number of ether oxygens (including phenoxy) is 2. The molecular weight excluding hydrogens is 372 g/mol. The molecule has 3 rings (SSSR count). The van der Waals surface area contributed by atoms with Gasteiger partial charge in [-0.3, -0.25) is 5.10 Å². The second-order valence-electron chi connectivity index (χ2n) is 5.75. The first-order valence-electron chi connectivity index (χ1n) is 7.60. The van der Waals surface area contributed by atoms with Gasteiger partial charge >= 0.3 is 0 Å². The molecule has 0 aliphatic rings. The zero-order valence-corrected chi connectivity index (χ0v) is 15.6. The molecule has 0 unspecified atom stereocenters. The largest absolute Gasteiger partial charge is 0.496 e. The van der Waals surface area contributed by atoms with Crippen LogP contribution >= 0.6 is 15.9 Å². The first-order chi connectivity index (χ1) is 11.5. The first-order valence-corrected chi connectivity index (χ1v) is 8.39. The van der Waals surface area contributed by atoms with Crippen molar-refractivity contribution in [2.75, 3.05) is 12.4 Å². The molecule has 0 aliphatic heterocycles. The van der Waals surface area contributed by atoms with E-state index in [-0.39, 0.29) is 6.10 Å². The predicted molar refractivity (Wildman–Crippen MR) is 98.4 cm³/mol. The molecule has 0 radical (unpaired) electrons. The quantitative estimate of drug-likeness (QED) is 0.667. The highest BCUT2D eigenvalue weighted by molar-refractivity contribution is 9.10. The smallest absolute Gasteiger partial charge is 0.223 e. The van der Waals surface area contributed by atoms with Crippen LogP contribution in [0.2, 0.25) is 0 Å². The number of hydrogen-bond donors (Lipinski definition) is 2. The Morgan fingerprint density at radius 2 is 1.96 bits per heavy atom. The number of nitrogens with one attached hydrogen (secondary N) is 2. The number of aryl methyl sites for hydroxylation is 1. The van der Waals surface area contributed by atoms with E-state index in [1.165, 1.54) is 0 Å². The van der Waals surface area contributed by atoms with Gasteiger partial charge in [-0.15, -0.1) is 0 Å². The van der Waals surface area contributed by atoms with Crippen LogP contribution in [0, 0.1) is 6.92 Å². The Balaban J connectivity index is 2.10. The number of nitrogens with zero attached hydrogens (tertiary/aromatic N) is 2. The summed E-state index contributed by atoms with van der Waals surface area (Å²) >= 11 is 3.51. The van der Waals surface area contributed by atoms with Gasteiger partial charge in [0.05, 0.1) is 17.7 Å². The lowest BCUT2D eigenvalue weighted by atomic mass is 10.1. The van der Waals surface area contributed by atoms with Crippen molar-refractivity contribution in [1.29, 1.82) is 0 Å². The molecule has 7 heteroatoms. The first kappa shape index (κ1) is 16.6. The van der Waals surface area contributed by atoms with Crippen molar-refractivity contribution in [2.45, 2.75) is 26.9 Å². The minimum atomic E-state index is 0.0180. The van der Waals surface area contributed by atoms with Gasteiger partial charge in [0.2, 0.25) is 5.88 Å². The minimum Gasteiger partial charge on any atom is -0.496 e. The van der Waals surface area contributed by atoms with E-state index in [1.54, 1.807) is 7.11 Å². The van der Waals surface area contributed by atoms with E-state index in [0.29, 0.717) is 17.5 Å². The van der Waals surface area contributed by atoms with Crippen LogP contribution in [0.25, 0.3) is 10.8 Å². The maximum atomic E-state index is 5.90. The Hall–Kier alpha value is -2.28. The fourth-order valence-corrected chi connectivity index (χ4v) is 2.88. The number of aromatic amines is 1. The summed E-state index contributed by atoms with van der Waals surface area (Å²) in [6.45, 7) is 5.90. The van der Waals surface area contributed by atoms with Gasteiger partial charge in [0.25, 0.3) is 0 Å². The fourth-order valence-electron chi connectivity index (χ4n) is 2.37. The van der Waals surface area contributed by atoms with E-state index >= 15 is 0 Å². The Bertz CT molecular complexity index is 876. The fraction of sp³-hybridized carbons (Fsp3) is 0.294. The number of benzene rings is 1. The molecule has 0 atom stereocenters. The summed E-state index contributed by atoms with van der Waals surface area (Å²) in [5.74, 6) is 2.69. The highest BCUT2D eigenvalue weighted by atomic mass is 79.9. The maximum absolute atomic E-state index is 5.90. The molecule has 126 valence electrons. The van der Waals surface area contributed by atoms with Crippen molar-refractivity contribution in [3.8, 4) is 11.6 Å². The van der Waals surface area contributed by atoms with Crippen molar-refractivity contribution in [3.63, 3.8) is 0 Å². The van der Waals surface area contributed by atoms with Crippen molar-refractivity contribution in [2.24, 2.45) is 0 Å². The molecule has 24 heavy (non-hydrogen) atoms. The van der Waals surface area contributed by atoms with E-state index in [2.05, 4.69) is 36.4 Å². The molecule has 2 N–H and O–H groups in total. The minimum absolute atomic E-state index is 0.0180. The van der Waals surface area contributed by atoms with Gasteiger partial charge in [-0.25, -0.2) is 0 Å². The summed E-state index contributed by atoms with van der Waals surface area (Å²) in [5, 5.41) is 12.2. The molecule has 6 nitrogen and oxygen atoms in total. The Morgan fingerprint density at radius 1 is 1.17 bits per heavy atom. The third kappa shape index (κ3) is 3.46.